The molecule has 12 nitrogen and oxygen atoms in total. The van der Waals surface area contributed by atoms with Gasteiger partial charge in [0.15, 0.2) is 5.69 Å². The Kier molecular flexibility index (Phi) is 6.57. The lowest BCUT2D eigenvalue weighted by atomic mass is 9.99. The molecule has 1 saturated heterocycles. The first-order chi connectivity index (χ1) is 16.2. The third-order valence-corrected chi connectivity index (χ3v) is 7.84. The maximum absolute atomic E-state index is 13.1. The molecule has 1 fully saturated rings. The average Bonchev–Trinajstić information content (AvgIpc) is 3.54. The molecule has 4 heterocycles. The van der Waals surface area contributed by atoms with E-state index >= 15 is 0 Å². The van der Waals surface area contributed by atoms with Gasteiger partial charge in [0, 0.05) is 33.4 Å². The summed E-state index contributed by atoms with van der Waals surface area (Å²) in [6.07, 6.45) is 5.45. The molecule has 182 valence electrons. The highest BCUT2D eigenvalue weighted by Gasteiger charge is 2.35. The molecule has 0 bridgehead atoms. The van der Waals surface area contributed by atoms with E-state index < -0.39 is 21.8 Å². The Morgan fingerprint density at radius 2 is 2.09 bits per heavy atom. The molecular formula is C21H27N7O5S. The van der Waals surface area contributed by atoms with E-state index in [9.17, 15) is 18.0 Å². The normalized spacial score (nSPS) is 17.0. The van der Waals surface area contributed by atoms with Crippen LogP contribution in [0, 0.1) is 12.8 Å². The van der Waals surface area contributed by atoms with Gasteiger partial charge in [-0.05, 0) is 31.9 Å². The number of hydrogen-bond acceptors (Lipinski definition) is 7. The Morgan fingerprint density at radius 1 is 1.29 bits per heavy atom. The molecule has 34 heavy (non-hydrogen) atoms. The minimum Gasteiger partial charge on any atom is -0.467 e. The van der Waals surface area contributed by atoms with E-state index in [0.717, 1.165) is 0 Å². The molecule has 4 rings (SSSR count). The van der Waals surface area contributed by atoms with E-state index in [1.165, 1.54) is 32.3 Å². The third kappa shape index (κ3) is 4.75. The van der Waals surface area contributed by atoms with E-state index in [1.807, 2.05) is 0 Å². The van der Waals surface area contributed by atoms with Crippen molar-refractivity contribution >= 4 is 27.5 Å². The number of rotatable bonds is 7. The van der Waals surface area contributed by atoms with Gasteiger partial charge in [-0.2, -0.15) is 14.5 Å². The van der Waals surface area contributed by atoms with Crippen molar-refractivity contribution in [3.8, 4) is 0 Å². The maximum Gasteiger partial charge on any atom is 0.274 e. The lowest BCUT2D eigenvalue weighted by molar-refractivity contribution is -0.120. The van der Waals surface area contributed by atoms with Gasteiger partial charge < -0.3 is 15.1 Å². The summed E-state index contributed by atoms with van der Waals surface area (Å²) in [5.74, 6) is -0.815. The number of carbonyl (C=O) groups is 2. The molecule has 3 aromatic heterocycles. The molecule has 1 aliphatic heterocycles. The SMILES string of the molecule is Cc1c(S(=O)(=O)N2CCCC(C(=O)Nc3cn(C)nc3C(=O)NCc3ccco3)C2)cnn1C. The number of anilines is 1. The Bertz CT molecular complexity index is 1290. The molecule has 3 aromatic rings. The van der Waals surface area contributed by atoms with Crippen molar-refractivity contribution in [1.29, 1.82) is 0 Å². The molecule has 0 aliphatic carbocycles. The number of nitrogens with zero attached hydrogens (tertiary/aromatic N) is 5. The Labute approximate surface area is 197 Å². The molecular weight excluding hydrogens is 462 g/mol. The lowest BCUT2D eigenvalue weighted by Crippen LogP contribution is -2.43. The van der Waals surface area contributed by atoms with E-state index in [0.29, 0.717) is 30.8 Å². The van der Waals surface area contributed by atoms with Crippen LogP contribution in [0.4, 0.5) is 5.69 Å². The summed E-state index contributed by atoms with van der Waals surface area (Å²) in [5.41, 5.74) is 0.855. The topological polar surface area (TPSA) is 144 Å². The van der Waals surface area contributed by atoms with Crippen molar-refractivity contribution in [2.45, 2.75) is 31.2 Å². The monoisotopic (exact) mass is 489 g/mol. The summed E-state index contributed by atoms with van der Waals surface area (Å²) >= 11 is 0. The molecule has 0 spiro atoms. The number of aryl methyl sites for hydroxylation is 2. The smallest absolute Gasteiger partial charge is 0.274 e. The van der Waals surface area contributed by atoms with Crippen LogP contribution in [0.1, 0.15) is 34.8 Å². The van der Waals surface area contributed by atoms with Gasteiger partial charge in [-0.15, -0.1) is 0 Å². The van der Waals surface area contributed by atoms with Crippen LogP contribution in [0.25, 0.3) is 0 Å². The van der Waals surface area contributed by atoms with Gasteiger partial charge in [0.05, 0.1) is 36.3 Å². The van der Waals surface area contributed by atoms with E-state index in [-0.39, 0.29) is 35.3 Å². The van der Waals surface area contributed by atoms with Gasteiger partial charge in [-0.25, -0.2) is 8.42 Å². The Balaban J connectivity index is 1.45. The summed E-state index contributed by atoms with van der Waals surface area (Å²) < 4.78 is 35.7. The molecule has 1 aliphatic rings. The second-order valence-electron chi connectivity index (χ2n) is 8.24. The van der Waals surface area contributed by atoms with Crippen molar-refractivity contribution < 1.29 is 22.4 Å². The summed E-state index contributed by atoms with van der Waals surface area (Å²) in [5, 5.41) is 13.6. The maximum atomic E-state index is 13.1. The molecule has 0 aromatic carbocycles. The summed E-state index contributed by atoms with van der Waals surface area (Å²) in [4.78, 5) is 25.8. The van der Waals surface area contributed by atoms with Crippen molar-refractivity contribution in [2.24, 2.45) is 20.0 Å². The fourth-order valence-electron chi connectivity index (χ4n) is 3.89. The van der Waals surface area contributed by atoms with Gasteiger partial charge in [0.25, 0.3) is 5.91 Å². The van der Waals surface area contributed by atoms with Crippen LogP contribution in [0.5, 0.6) is 0 Å². The van der Waals surface area contributed by atoms with Crippen LogP contribution < -0.4 is 10.6 Å². The van der Waals surface area contributed by atoms with E-state index in [1.54, 1.807) is 33.2 Å². The van der Waals surface area contributed by atoms with Crippen molar-refractivity contribution in [2.75, 3.05) is 18.4 Å². The molecule has 13 heteroatoms. The zero-order valence-corrected chi connectivity index (χ0v) is 20.0. The van der Waals surface area contributed by atoms with E-state index in [2.05, 4.69) is 20.8 Å². The highest BCUT2D eigenvalue weighted by atomic mass is 32.2. The fraction of sp³-hybridized carbons (Fsp3) is 0.429. The molecule has 0 radical (unpaired) electrons. The molecule has 2 amide bonds. The molecule has 1 atom stereocenters. The zero-order valence-electron chi connectivity index (χ0n) is 19.2. The zero-order chi connectivity index (χ0) is 24.5. The first-order valence-electron chi connectivity index (χ1n) is 10.8. The largest absolute Gasteiger partial charge is 0.467 e. The molecule has 2 N–H and O–H groups in total. The standard InChI is InChI=1S/C21H27N7O5S/c1-14-18(11-23-27(14)3)34(31,32)28-8-4-6-15(12-28)20(29)24-17-13-26(2)25-19(17)21(30)22-10-16-7-5-9-33-16/h5,7,9,11,13,15H,4,6,8,10,12H2,1-3H3,(H,22,30)(H,24,29). The van der Waals surface area contributed by atoms with Crippen LogP contribution >= 0.6 is 0 Å². The quantitative estimate of drug-likeness (QED) is 0.504. The van der Waals surface area contributed by atoms with Crippen molar-refractivity contribution in [1.82, 2.24) is 29.2 Å². The number of furan rings is 1. The first kappa shape index (κ1) is 23.7. The second kappa shape index (κ2) is 9.43. The minimum atomic E-state index is -3.78. The first-order valence-corrected chi connectivity index (χ1v) is 12.2. The minimum absolute atomic E-state index is 0.0444. The second-order valence-corrected chi connectivity index (χ2v) is 10.1. The predicted octanol–water partition coefficient (Wildman–Crippen LogP) is 1.02. The number of aromatic nitrogens is 4. The Hall–Kier alpha value is -3.45. The highest BCUT2D eigenvalue weighted by Crippen LogP contribution is 2.26. The van der Waals surface area contributed by atoms with Gasteiger partial charge in [0.2, 0.25) is 15.9 Å². The summed E-state index contributed by atoms with van der Waals surface area (Å²) in [6.45, 7) is 2.24. The van der Waals surface area contributed by atoms with Crippen LogP contribution in [-0.4, -0.2) is 57.2 Å². The number of sulfonamides is 1. The van der Waals surface area contributed by atoms with Gasteiger partial charge >= 0.3 is 0 Å². The van der Waals surface area contributed by atoms with E-state index in [4.69, 9.17) is 4.42 Å². The Morgan fingerprint density at radius 3 is 2.76 bits per heavy atom. The van der Waals surface area contributed by atoms with Gasteiger partial charge in [-0.1, -0.05) is 0 Å². The molecule has 1 unspecified atom stereocenters. The van der Waals surface area contributed by atoms with Crippen molar-refractivity contribution in [3.05, 3.63) is 47.9 Å². The number of nitrogens with one attached hydrogen (secondary N) is 2. The van der Waals surface area contributed by atoms with Gasteiger partial charge in [-0.3, -0.25) is 19.0 Å². The van der Waals surface area contributed by atoms with Crippen LogP contribution in [0.2, 0.25) is 0 Å². The fourth-order valence-corrected chi connectivity index (χ4v) is 5.60. The van der Waals surface area contributed by atoms with Crippen LogP contribution in [0.15, 0.2) is 40.1 Å². The predicted molar refractivity (Wildman–Crippen MR) is 121 cm³/mol. The number of piperidine rings is 1. The number of carbonyl (C=O) groups excluding carboxylic acids is 2. The number of amides is 2. The summed E-state index contributed by atoms with van der Waals surface area (Å²) in [6, 6.07) is 3.45. The third-order valence-electron chi connectivity index (χ3n) is 5.87. The number of hydrogen-bond donors (Lipinski definition) is 2. The highest BCUT2D eigenvalue weighted by molar-refractivity contribution is 7.89. The lowest BCUT2D eigenvalue weighted by Gasteiger charge is -2.31. The molecule has 0 saturated carbocycles. The van der Waals surface area contributed by atoms with Gasteiger partial charge in [0.1, 0.15) is 10.7 Å². The summed E-state index contributed by atoms with van der Waals surface area (Å²) in [7, 11) is -0.456. The average molecular weight is 490 g/mol. The van der Waals surface area contributed by atoms with Crippen LogP contribution in [-0.2, 0) is 35.5 Å². The van der Waals surface area contributed by atoms with Crippen molar-refractivity contribution in [3.63, 3.8) is 0 Å². The van der Waals surface area contributed by atoms with Crippen LogP contribution in [0.3, 0.4) is 0 Å².